The number of halogens is 2. The topological polar surface area (TPSA) is 102 Å². The highest BCUT2D eigenvalue weighted by molar-refractivity contribution is 6.34. The monoisotopic (exact) mass is 559 g/mol. The molecule has 0 fully saturated rings. The van der Waals surface area contributed by atoms with Crippen LogP contribution in [0.1, 0.15) is 69.8 Å². The second-order valence-electron chi connectivity index (χ2n) is 10.5. The minimum absolute atomic E-state index is 0.115. The van der Waals surface area contributed by atoms with Gasteiger partial charge in [0.05, 0.1) is 23.8 Å². The normalized spacial score (nSPS) is 15.0. The van der Waals surface area contributed by atoms with Crippen molar-refractivity contribution in [2.75, 3.05) is 25.0 Å². The average molecular weight is 561 g/mol. The molecule has 0 bridgehead atoms. The van der Waals surface area contributed by atoms with Gasteiger partial charge in [-0.2, -0.15) is 0 Å². The summed E-state index contributed by atoms with van der Waals surface area (Å²) in [7, 11) is 0. The van der Waals surface area contributed by atoms with Crippen LogP contribution in [-0.2, 0) is 22.4 Å². The highest BCUT2D eigenvalue weighted by Crippen LogP contribution is 2.26. The van der Waals surface area contributed by atoms with Crippen LogP contribution in [0.15, 0.2) is 46.6 Å². The smallest absolute Gasteiger partial charge is 0.255 e. The molecule has 2 heterocycles. The number of benzene rings is 1. The first-order valence-corrected chi connectivity index (χ1v) is 13.9. The lowest BCUT2D eigenvalue weighted by atomic mass is 10.0. The van der Waals surface area contributed by atoms with Crippen LogP contribution in [0, 0.1) is 0 Å². The molecule has 7 nitrogen and oxygen atoms in total. The first-order chi connectivity index (χ1) is 18.1. The number of rotatable bonds is 11. The molecular weight excluding hydrogens is 521 g/mol. The summed E-state index contributed by atoms with van der Waals surface area (Å²) in [6.45, 7) is 9.42. The summed E-state index contributed by atoms with van der Waals surface area (Å²) in [5, 5.41) is 7.45. The summed E-state index contributed by atoms with van der Waals surface area (Å²) in [6, 6.07) is 9.22. The van der Waals surface area contributed by atoms with Gasteiger partial charge in [-0.25, -0.2) is 4.98 Å². The van der Waals surface area contributed by atoms with Crippen molar-refractivity contribution >= 4 is 41.1 Å². The molecule has 0 saturated carbocycles. The number of carbonyl (C=O) groups excluding carboxylic acids is 1. The maximum absolute atomic E-state index is 13.4. The summed E-state index contributed by atoms with van der Waals surface area (Å²) in [6.07, 6.45) is 6.01. The third-order valence-corrected chi connectivity index (χ3v) is 6.58. The fraction of sp³-hybridized carbons (Fsp3) is 0.483. The Bertz CT molecular complexity index is 1150. The Morgan fingerprint density at radius 2 is 2.00 bits per heavy atom. The standard InChI is InChI=1S/C29H39Cl2N5O2/c1-5-26(20-14-21(30)16-22(31)15-20)36-28(37)24(25(32)18-38-29(2,3)4)17-33-12-7-9-23-11-10-19-8-6-13-34-27(19)35-23/h10-11,14-17,26H,5-9,12-13,18,32H2,1-4H3,(H,34,35)(H,36,37). The van der Waals surface area contributed by atoms with Crippen molar-refractivity contribution in [3.63, 3.8) is 0 Å². The van der Waals surface area contributed by atoms with E-state index < -0.39 is 5.60 Å². The van der Waals surface area contributed by atoms with E-state index in [0.29, 0.717) is 28.7 Å². The van der Waals surface area contributed by atoms with E-state index >= 15 is 0 Å². The number of aliphatic imine (C=N–C) groups is 1. The van der Waals surface area contributed by atoms with E-state index in [1.165, 1.54) is 5.56 Å². The Hall–Kier alpha value is -2.61. The van der Waals surface area contributed by atoms with Gasteiger partial charge >= 0.3 is 0 Å². The Morgan fingerprint density at radius 3 is 2.68 bits per heavy atom. The van der Waals surface area contributed by atoms with Crippen molar-refractivity contribution < 1.29 is 9.53 Å². The van der Waals surface area contributed by atoms with Crippen LogP contribution in [0.4, 0.5) is 5.82 Å². The summed E-state index contributed by atoms with van der Waals surface area (Å²) in [4.78, 5) is 22.6. The molecular formula is C29H39Cl2N5O2. The van der Waals surface area contributed by atoms with E-state index in [4.69, 9.17) is 38.7 Å². The second-order valence-corrected chi connectivity index (χ2v) is 11.3. The van der Waals surface area contributed by atoms with Crippen LogP contribution in [0.3, 0.4) is 0 Å². The molecule has 0 radical (unpaired) electrons. The lowest BCUT2D eigenvalue weighted by molar-refractivity contribution is -0.117. The van der Waals surface area contributed by atoms with Crippen molar-refractivity contribution in [2.24, 2.45) is 10.7 Å². The summed E-state index contributed by atoms with van der Waals surface area (Å²) in [5.41, 5.74) is 9.69. The summed E-state index contributed by atoms with van der Waals surface area (Å²) < 4.78 is 5.83. The molecule has 9 heteroatoms. The van der Waals surface area contributed by atoms with Gasteiger partial charge in [0.25, 0.3) is 5.91 Å². The molecule has 1 aromatic carbocycles. The maximum Gasteiger partial charge on any atom is 0.255 e. The van der Waals surface area contributed by atoms with Crippen molar-refractivity contribution in [1.29, 1.82) is 0 Å². The van der Waals surface area contributed by atoms with Gasteiger partial charge in [-0.3, -0.25) is 9.79 Å². The molecule has 0 spiro atoms. The number of ether oxygens (including phenoxy) is 1. The van der Waals surface area contributed by atoms with E-state index in [1.807, 2.05) is 27.7 Å². The van der Waals surface area contributed by atoms with Gasteiger partial charge in [0.1, 0.15) is 5.82 Å². The zero-order valence-electron chi connectivity index (χ0n) is 22.7. The predicted octanol–water partition coefficient (Wildman–Crippen LogP) is 6.05. The SMILES string of the molecule is CCC(NC(=O)C(C=NCCCc1ccc2c(n1)NCCC2)=C(N)COC(C)(C)C)c1cc(Cl)cc(Cl)c1. The number of anilines is 1. The Balaban J connectivity index is 1.68. The quantitative estimate of drug-likeness (QED) is 0.177. The van der Waals surface area contributed by atoms with Crippen LogP contribution in [0.2, 0.25) is 10.0 Å². The Kier molecular flexibility index (Phi) is 11.0. The van der Waals surface area contributed by atoms with E-state index in [0.717, 1.165) is 49.3 Å². The van der Waals surface area contributed by atoms with Gasteiger partial charge < -0.3 is 21.1 Å². The molecule has 1 aliphatic heterocycles. The van der Waals surface area contributed by atoms with E-state index in [-0.39, 0.29) is 24.1 Å². The molecule has 0 aliphatic carbocycles. The second kappa shape index (κ2) is 14.0. The molecule has 2 aromatic rings. The molecule has 38 heavy (non-hydrogen) atoms. The van der Waals surface area contributed by atoms with Crippen LogP contribution in [0.25, 0.3) is 0 Å². The molecule has 3 rings (SSSR count). The molecule has 1 amide bonds. The molecule has 0 saturated heterocycles. The first kappa shape index (κ1) is 29.9. The number of hydrogen-bond donors (Lipinski definition) is 3. The van der Waals surface area contributed by atoms with Gasteiger partial charge in [0, 0.05) is 40.7 Å². The number of fused-ring (bicyclic) bond motifs is 1. The van der Waals surface area contributed by atoms with Crippen molar-refractivity contribution in [1.82, 2.24) is 10.3 Å². The molecule has 1 unspecified atom stereocenters. The molecule has 1 aliphatic rings. The number of pyridine rings is 1. The number of nitrogens with two attached hydrogens (primary N) is 1. The van der Waals surface area contributed by atoms with Crippen molar-refractivity contribution in [2.45, 2.75) is 71.4 Å². The number of aromatic nitrogens is 1. The molecule has 1 aromatic heterocycles. The van der Waals surface area contributed by atoms with Gasteiger partial charge in [0.2, 0.25) is 0 Å². The molecule has 4 N–H and O–H groups in total. The largest absolute Gasteiger partial charge is 0.399 e. The molecule has 1 atom stereocenters. The summed E-state index contributed by atoms with van der Waals surface area (Å²) in [5.74, 6) is 0.673. The van der Waals surface area contributed by atoms with Crippen molar-refractivity contribution in [3.8, 4) is 0 Å². The lowest BCUT2D eigenvalue weighted by Crippen LogP contribution is -2.33. The van der Waals surface area contributed by atoms with Crippen LogP contribution < -0.4 is 16.4 Å². The highest BCUT2D eigenvalue weighted by Gasteiger charge is 2.20. The number of hydrogen-bond acceptors (Lipinski definition) is 6. The fourth-order valence-corrected chi connectivity index (χ4v) is 4.65. The van der Waals surface area contributed by atoms with Gasteiger partial charge in [-0.15, -0.1) is 0 Å². The predicted molar refractivity (Wildman–Crippen MR) is 157 cm³/mol. The lowest BCUT2D eigenvalue weighted by Gasteiger charge is -2.21. The number of amides is 1. The number of nitrogens with one attached hydrogen (secondary N) is 2. The minimum atomic E-state index is -0.399. The Morgan fingerprint density at radius 1 is 1.26 bits per heavy atom. The van der Waals surface area contributed by atoms with Crippen molar-refractivity contribution in [3.05, 3.63) is 68.5 Å². The maximum atomic E-state index is 13.4. The van der Waals surface area contributed by atoms with Gasteiger partial charge in [-0.1, -0.05) is 36.2 Å². The minimum Gasteiger partial charge on any atom is -0.399 e. The van der Waals surface area contributed by atoms with E-state index in [1.54, 1.807) is 24.4 Å². The zero-order chi connectivity index (χ0) is 27.7. The van der Waals surface area contributed by atoms with E-state index in [9.17, 15) is 4.79 Å². The van der Waals surface area contributed by atoms with Crippen LogP contribution in [-0.4, -0.2) is 42.4 Å². The highest BCUT2D eigenvalue weighted by atomic mass is 35.5. The van der Waals surface area contributed by atoms with Crippen LogP contribution in [0.5, 0.6) is 0 Å². The van der Waals surface area contributed by atoms with Gasteiger partial charge in [-0.05, 0) is 88.3 Å². The third-order valence-electron chi connectivity index (χ3n) is 6.14. The van der Waals surface area contributed by atoms with E-state index in [2.05, 4.69) is 27.8 Å². The first-order valence-electron chi connectivity index (χ1n) is 13.2. The molecule has 206 valence electrons. The fourth-order valence-electron chi connectivity index (χ4n) is 4.11. The average Bonchev–Trinajstić information content (AvgIpc) is 2.86. The number of carbonyl (C=O) groups is 1. The Labute approximate surface area is 236 Å². The number of nitrogens with zero attached hydrogens (tertiary/aromatic N) is 2. The third kappa shape index (κ3) is 9.29. The summed E-state index contributed by atoms with van der Waals surface area (Å²) >= 11 is 12.4. The van der Waals surface area contributed by atoms with Crippen LogP contribution >= 0.6 is 23.2 Å². The number of aryl methyl sites for hydroxylation is 2. The van der Waals surface area contributed by atoms with Gasteiger partial charge in [0.15, 0.2) is 0 Å². The zero-order valence-corrected chi connectivity index (χ0v) is 24.3.